The third-order valence-electron chi connectivity index (χ3n) is 3.34. The molecule has 128 valence electrons. The van der Waals surface area contributed by atoms with Gasteiger partial charge in [0, 0.05) is 23.1 Å². The van der Waals surface area contributed by atoms with Crippen LogP contribution in [-0.2, 0) is 6.42 Å². The van der Waals surface area contributed by atoms with Gasteiger partial charge in [-0.3, -0.25) is 10.1 Å². The van der Waals surface area contributed by atoms with E-state index in [-0.39, 0.29) is 11.7 Å². The van der Waals surface area contributed by atoms with E-state index in [1.807, 2.05) is 30.3 Å². The fourth-order valence-corrected chi connectivity index (χ4v) is 3.04. The zero-order chi connectivity index (χ0) is 17.6. The van der Waals surface area contributed by atoms with E-state index in [2.05, 4.69) is 15.0 Å². The van der Waals surface area contributed by atoms with Crippen molar-refractivity contribution in [2.45, 2.75) is 13.0 Å². The van der Waals surface area contributed by atoms with Crippen LogP contribution in [0.5, 0.6) is 5.75 Å². The van der Waals surface area contributed by atoms with Crippen molar-refractivity contribution < 1.29 is 18.3 Å². The van der Waals surface area contributed by atoms with Crippen molar-refractivity contribution in [3.63, 3.8) is 0 Å². The number of nitrogens with one attached hydrogen (secondary N) is 1. The second kappa shape index (κ2) is 7.85. The molecule has 0 fully saturated rings. The number of hydrogen-bond acceptors (Lipinski definition) is 4. The van der Waals surface area contributed by atoms with Gasteiger partial charge in [-0.2, -0.15) is 8.78 Å². The second-order valence-electron chi connectivity index (χ2n) is 5.15. The molecule has 1 N–H and O–H groups in total. The van der Waals surface area contributed by atoms with Gasteiger partial charge in [0.2, 0.25) is 0 Å². The van der Waals surface area contributed by atoms with Crippen LogP contribution in [0.2, 0.25) is 0 Å². The van der Waals surface area contributed by atoms with E-state index in [9.17, 15) is 13.6 Å². The summed E-state index contributed by atoms with van der Waals surface area (Å²) in [6, 6.07) is 15.5. The smallest absolute Gasteiger partial charge is 0.387 e. The molecule has 0 saturated heterocycles. The molecule has 7 heteroatoms. The first kappa shape index (κ1) is 17.0. The van der Waals surface area contributed by atoms with Crippen molar-refractivity contribution in [1.29, 1.82) is 0 Å². The summed E-state index contributed by atoms with van der Waals surface area (Å²) in [6.07, 6.45) is 2.47. The maximum atomic E-state index is 12.2. The van der Waals surface area contributed by atoms with Gasteiger partial charge in [-0.1, -0.05) is 30.3 Å². The zero-order valence-electron chi connectivity index (χ0n) is 13.0. The minimum Gasteiger partial charge on any atom is -0.435 e. The molecule has 1 amide bonds. The number of thiazole rings is 1. The number of halogens is 2. The van der Waals surface area contributed by atoms with Crippen LogP contribution in [-0.4, -0.2) is 17.5 Å². The number of nitrogens with zero attached hydrogens (tertiary/aromatic N) is 1. The Hall–Kier alpha value is -2.80. The number of alkyl halides is 2. The Bertz CT molecular complexity index is 836. The summed E-state index contributed by atoms with van der Waals surface area (Å²) >= 11 is 1.40. The van der Waals surface area contributed by atoms with Gasteiger partial charge in [0.15, 0.2) is 5.13 Å². The molecule has 3 aromatic rings. The van der Waals surface area contributed by atoms with Crippen LogP contribution in [0.25, 0.3) is 0 Å². The number of anilines is 1. The van der Waals surface area contributed by atoms with E-state index in [0.29, 0.717) is 10.7 Å². The molecule has 0 spiro atoms. The molecular weight excluding hydrogens is 346 g/mol. The van der Waals surface area contributed by atoms with E-state index in [1.165, 1.54) is 41.2 Å². The predicted octanol–water partition coefficient (Wildman–Crippen LogP) is 4.59. The molecule has 2 aromatic carbocycles. The number of rotatable bonds is 6. The molecular formula is C18H14F2N2O2S. The highest BCUT2D eigenvalue weighted by molar-refractivity contribution is 7.15. The molecule has 4 nitrogen and oxygen atoms in total. The van der Waals surface area contributed by atoms with Crippen LogP contribution < -0.4 is 10.1 Å². The van der Waals surface area contributed by atoms with Gasteiger partial charge in [-0.05, 0) is 29.8 Å². The lowest BCUT2D eigenvalue weighted by Crippen LogP contribution is -2.11. The minimum atomic E-state index is -2.89. The van der Waals surface area contributed by atoms with Gasteiger partial charge in [0.05, 0.1) is 0 Å². The van der Waals surface area contributed by atoms with Gasteiger partial charge in [0.25, 0.3) is 5.91 Å². The van der Waals surface area contributed by atoms with Crippen LogP contribution in [0, 0.1) is 0 Å². The van der Waals surface area contributed by atoms with Crippen LogP contribution in [0.3, 0.4) is 0 Å². The molecule has 0 radical (unpaired) electrons. The van der Waals surface area contributed by atoms with Crippen molar-refractivity contribution >= 4 is 22.4 Å². The third-order valence-corrected chi connectivity index (χ3v) is 4.25. The third kappa shape index (κ3) is 4.84. The maximum Gasteiger partial charge on any atom is 0.387 e. The minimum absolute atomic E-state index is 0.00551. The van der Waals surface area contributed by atoms with Crippen molar-refractivity contribution in [3.05, 3.63) is 76.8 Å². The van der Waals surface area contributed by atoms with Gasteiger partial charge in [-0.15, -0.1) is 11.3 Å². The van der Waals surface area contributed by atoms with E-state index >= 15 is 0 Å². The van der Waals surface area contributed by atoms with Crippen LogP contribution >= 0.6 is 11.3 Å². The van der Waals surface area contributed by atoms with Crippen molar-refractivity contribution in [3.8, 4) is 5.75 Å². The number of amides is 1. The van der Waals surface area contributed by atoms with Crippen molar-refractivity contribution in [2.75, 3.05) is 5.32 Å². The number of ether oxygens (including phenoxy) is 1. The number of carbonyl (C=O) groups is 1. The molecule has 0 saturated carbocycles. The lowest BCUT2D eigenvalue weighted by atomic mass is 10.1. The average Bonchev–Trinajstić information content (AvgIpc) is 3.02. The molecule has 0 atom stereocenters. The van der Waals surface area contributed by atoms with Gasteiger partial charge in [0.1, 0.15) is 5.75 Å². The number of benzene rings is 2. The van der Waals surface area contributed by atoms with E-state index < -0.39 is 6.61 Å². The summed E-state index contributed by atoms with van der Waals surface area (Å²) in [4.78, 5) is 17.4. The summed E-state index contributed by atoms with van der Waals surface area (Å²) in [5, 5.41) is 3.19. The molecule has 1 heterocycles. The standard InChI is InChI=1S/C18H14F2N2O2S/c19-17(20)24-14-8-6-13(7-9-14)16(23)22-18-21-11-15(25-18)10-12-4-2-1-3-5-12/h1-9,11,17H,10H2,(H,21,22,23). The number of carbonyl (C=O) groups excluding carboxylic acids is 1. The maximum absolute atomic E-state index is 12.2. The monoisotopic (exact) mass is 360 g/mol. The molecule has 0 bridgehead atoms. The first-order valence-corrected chi connectivity index (χ1v) is 8.26. The highest BCUT2D eigenvalue weighted by Crippen LogP contribution is 2.22. The van der Waals surface area contributed by atoms with E-state index in [0.717, 1.165) is 11.3 Å². The average molecular weight is 360 g/mol. The second-order valence-corrected chi connectivity index (χ2v) is 6.27. The molecule has 25 heavy (non-hydrogen) atoms. The first-order valence-electron chi connectivity index (χ1n) is 7.45. The Labute approximate surface area is 147 Å². The summed E-state index contributed by atoms with van der Waals surface area (Å²) in [5.74, 6) is -0.352. The summed E-state index contributed by atoms with van der Waals surface area (Å²) in [7, 11) is 0. The molecule has 0 aliphatic heterocycles. The van der Waals surface area contributed by atoms with Crippen LogP contribution in [0.15, 0.2) is 60.8 Å². The lowest BCUT2D eigenvalue weighted by Gasteiger charge is -2.05. The van der Waals surface area contributed by atoms with Crippen LogP contribution in [0.1, 0.15) is 20.8 Å². The van der Waals surface area contributed by atoms with E-state index in [1.54, 1.807) is 6.20 Å². The SMILES string of the molecule is O=C(Nc1ncc(Cc2ccccc2)s1)c1ccc(OC(F)F)cc1. The highest BCUT2D eigenvalue weighted by atomic mass is 32.1. The Morgan fingerprint density at radius 3 is 2.52 bits per heavy atom. The van der Waals surface area contributed by atoms with Gasteiger partial charge >= 0.3 is 6.61 Å². The lowest BCUT2D eigenvalue weighted by molar-refractivity contribution is -0.0498. The van der Waals surface area contributed by atoms with Crippen molar-refractivity contribution in [2.24, 2.45) is 0 Å². The predicted molar refractivity (Wildman–Crippen MR) is 92.4 cm³/mol. The molecule has 0 aliphatic carbocycles. The Balaban J connectivity index is 1.61. The molecule has 3 rings (SSSR count). The number of aromatic nitrogens is 1. The van der Waals surface area contributed by atoms with Crippen LogP contribution in [0.4, 0.5) is 13.9 Å². The topological polar surface area (TPSA) is 51.2 Å². The zero-order valence-corrected chi connectivity index (χ0v) is 13.8. The number of hydrogen-bond donors (Lipinski definition) is 1. The fourth-order valence-electron chi connectivity index (χ4n) is 2.20. The van der Waals surface area contributed by atoms with E-state index in [4.69, 9.17) is 0 Å². The first-order chi connectivity index (χ1) is 12.1. The summed E-state index contributed by atoms with van der Waals surface area (Å²) in [6.45, 7) is -2.89. The molecule has 0 unspecified atom stereocenters. The summed E-state index contributed by atoms with van der Waals surface area (Å²) in [5.41, 5.74) is 1.50. The summed E-state index contributed by atoms with van der Waals surface area (Å²) < 4.78 is 28.5. The highest BCUT2D eigenvalue weighted by Gasteiger charge is 2.11. The largest absolute Gasteiger partial charge is 0.435 e. The fraction of sp³-hybridized carbons (Fsp3) is 0.111. The van der Waals surface area contributed by atoms with Gasteiger partial charge in [-0.25, -0.2) is 4.98 Å². The van der Waals surface area contributed by atoms with Gasteiger partial charge < -0.3 is 4.74 Å². The molecule has 1 aromatic heterocycles. The molecule has 0 aliphatic rings. The van der Waals surface area contributed by atoms with Crippen molar-refractivity contribution in [1.82, 2.24) is 4.98 Å². The Kier molecular flexibility index (Phi) is 5.35. The Morgan fingerprint density at radius 2 is 1.84 bits per heavy atom. The normalized spacial score (nSPS) is 10.7. The quantitative estimate of drug-likeness (QED) is 0.700. The Morgan fingerprint density at radius 1 is 1.12 bits per heavy atom.